The van der Waals surface area contributed by atoms with E-state index in [1.54, 1.807) is 0 Å². The van der Waals surface area contributed by atoms with E-state index in [9.17, 15) is 14.4 Å². The van der Waals surface area contributed by atoms with E-state index < -0.39 is 0 Å². The number of H-pyrrole nitrogens is 1. The van der Waals surface area contributed by atoms with E-state index >= 15 is 0 Å². The second-order valence-electron chi connectivity index (χ2n) is 8.09. The van der Waals surface area contributed by atoms with Gasteiger partial charge >= 0.3 is 0 Å². The maximum atomic E-state index is 12.6. The molecule has 4 heterocycles. The molecule has 0 spiro atoms. The van der Waals surface area contributed by atoms with Gasteiger partial charge in [0.1, 0.15) is 0 Å². The number of aromatic amines is 1. The van der Waals surface area contributed by atoms with Crippen molar-refractivity contribution in [2.75, 3.05) is 43.9 Å². The Hall–Kier alpha value is -2.59. The van der Waals surface area contributed by atoms with Crippen LogP contribution in [0.2, 0.25) is 0 Å². The number of ether oxygens (including phenoxy) is 1. The molecule has 0 unspecified atom stereocenters. The van der Waals surface area contributed by atoms with Crippen LogP contribution < -0.4 is 5.32 Å². The first kappa shape index (κ1) is 23.6. The number of imide groups is 1. The van der Waals surface area contributed by atoms with E-state index in [1.807, 2.05) is 30.5 Å². The number of rotatable bonds is 6. The number of anilines is 1. The molecule has 8 nitrogen and oxygen atoms in total. The third kappa shape index (κ3) is 5.16. The Balaban J connectivity index is 0.00000259. The fourth-order valence-electron chi connectivity index (χ4n) is 4.18. The molecule has 0 radical (unpaired) electrons. The highest BCUT2D eigenvalue weighted by atomic mass is 35.5. The Labute approximate surface area is 202 Å². The molecule has 174 valence electrons. The zero-order valence-corrected chi connectivity index (χ0v) is 19.6. The van der Waals surface area contributed by atoms with Gasteiger partial charge in [0, 0.05) is 49.3 Å². The third-order valence-electron chi connectivity index (χ3n) is 5.91. The summed E-state index contributed by atoms with van der Waals surface area (Å²) in [5.74, 6) is -0.0566. The van der Waals surface area contributed by atoms with Crippen LogP contribution in [0.1, 0.15) is 22.4 Å². The summed E-state index contributed by atoms with van der Waals surface area (Å²) in [6, 6.07) is 7.84. The van der Waals surface area contributed by atoms with Crippen molar-refractivity contribution in [1.82, 2.24) is 14.8 Å². The van der Waals surface area contributed by atoms with Crippen LogP contribution in [0.5, 0.6) is 0 Å². The lowest BCUT2D eigenvalue weighted by molar-refractivity contribution is -0.124. The van der Waals surface area contributed by atoms with Crippen LogP contribution >= 0.6 is 24.2 Å². The van der Waals surface area contributed by atoms with Crippen molar-refractivity contribution in [3.8, 4) is 0 Å². The number of nitrogens with zero attached hydrogens (tertiary/aromatic N) is 2. The normalized spacial score (nSPS) is 19.7. The van der Waals surface area contributed by atoms with Crippen LogP contribution in [-0.2, 0) is 27.3 Å². The lowest BCUT2D eigenvalue weighted by Crippen LogP contribution is -2.35. The number of benzene rings is 1. The molecule has 3 amide bonds. The van der Waals surface area contributed by atoms with E-state index in [4.69, 9.17) is 4.74 Å². The van der Waals surface area contributed by atoms with Crippen molar-refractivity contribution < 1.29 is 19.1 Å². The first-order chi connectivity index (χ1) is 15.6. The van der Waals surface area contributed by atoms with Crippen LogP contribution in [-0.4, -0.2) is 70.4 Å². The van der Waals surface area contributed by atoms with Crippen molar-refractivity contribution in [1.29, 1.82) is 0 Å². The van der Waals surface area contributed by atoms with Gasteiger partial charge in [0.05, 0.1) is 24.5 Å². The molecule has 33 heavy (non-hydrogen) atoms. The fraction of sp³-hybridized carbons (Fsp3) is 0.348. The number of thioether (sulfide) groups is 1. The van der Waals surface area contributed by atoms with Gasteiger partial charge < -0.3 is 15.0 Å². The molecule has 2 N–H and O–H groups in total. The summed E-state index contributed by atoms with van der Waals surface area (Å²) in [6.45, 7) is 4.58. The fourth-order valence-corrected chi connectivity index (χ4v) is 4.93. The SMILES string of the molecule is Cl.O=C1Nc2ccc(CCN3C(=O)CSC3=O)cc2C1=Cc1cc(CN2CCOCC2)c[nH]1. The average Bonchev–Trinajstić information content (AvgIpc) is 3.46. The van der Waals surface area contributed by atoms with Crippen LogP contribution in [0.15, 0.2) is 30.5 Å². The summed E-state index contributed by atoms with van der Waals surface area (Å²) in [5.41, 5.74) is 5.23. The molecule has 0 atom stereocenters. The average molecular weight is 489 g/mol. The van der Waals surface area contributed by atoms with E-state index in [1.165, 1.54) is 10.5 Å². The molecule has 3 aliphatic heterocycles. The molecule has 2 saturated heterocycles. The molecule has 0 bridgehead atoms. The zero-order valence-electron chi connectivity index (χ0n) is 18.0. The van der Waals surface area contributed by atoms with Crippen LogP contribution in [0, 0.1) is 0 Å². The number of morpholine rings is 1. The number of halogens is 1. The van der Waals surface area contributed by atoms with Gasteiger partial charge in [0.15, 0.2) is 0 Å². The predicted molar refractivity (Wildman–Crippen MR) is 130 cm³/mol. The summed E-state index contributed by atoms with van der Waals surface area (Å²) in [7, 11) is 0. The Morgan fingerprint density at radius 2 is 1.91 bits per heavy atom. The molecule has 5 rings (SSSR count). The molecule has 0 saturated carbocycles. The summed E-state index contributed by atoms with van der Waals surface area (Å²) in [4.78, 5) is 43.2. The largest absolute Gasteiger partial charge is 0.379 e. The second-order valence-corrected chi connectivity index (χ2v) is 9.02. The minimum atomic E-state index is -0.187. The molecular formula is C23H25ClN4O4S. The molecule has 2 fully saturated rings. The predicted octanol–water partition coefficient (Wildman–Crippen LogP) is 3.00. The lowest BCUT2D eigenvalue weighted by Gasteiger charge is -2.25. The highest BCUT2D eigenvalue weighted by molar-refractivity contribution is 8.14. The van der Waals surface area contributed by atoms with Gasteiger partial charge in [-0.2, -0.15) is 0 Å². The molecule has 2 aromatic rings. The van der Waals surface area contributed by atoms with Crippen LogP contribution in [0.25, 0.3) is 11.6 Å². The number of carbonyl (C=O) groups excluding carboxylic acids is 3. The van der Waals surface area contributed by atoms with Gasteiger partial charge in [-0.05, 0) is 41.8 Å². The van der Waals surface area contributed by atoms with Crippen molar-refractivity contribution in [2.45, 2.75) is 13.0 Å². The zero-order chi connectivity index (χ0) is 22.1. The van der Waals surface area contributed by atoms with Gasteiger partial charge in [-0.15, -0.1) is 12.4 Å². The molecule has 10 heteroatoms. The topological polar surface area (TPSA) is 94.7 Å². The minimum absolute atomic E-state index is 0. The summed E-state index contributed by atoms with van der Waals surface area (Å²) in [5, 5.41) is 2.73. The van der Waals surface area contributed by atoms with Crippen LogP contribution in [0.4, 0.5) is 10.5 Å². The Morgan fingerprint density at radius 1 is 1.09 bits per heavy atom. The van der Waals surface area contributed by atoms with Gasteiger partial charge in [-0.25, -0.2) is 0 Å². The van der Waals surface area contributed by atoms with Crippen molar-refractivity contribution in [3.63, 3.8) is 0 Å². The smallest absolute Gasteiger partial charge is 0.288 e. The van der Waals surface area contributed by atoms with Gasteiger partial charge in [-0.1, -0.05) is 17.8 Å². The molecule has 0 aliphatic carbocycles. The maximum absolute atomic E-state index is 12.6. The Morgan fingerprint density at radius 3 is 2.67 bits per heavy atom. The number of carbonyl (C=O) groups is 3. The van der Waals surface area contributed by atoms with E-state index in [0.717, 1.165) is 67.1 Å². The quantitative estimate of drug-likeness (QED) is 0.607. The standard InChI is InChI=1S/C23H24N4O4S.ClH/c28-21-14-32-23(30)27(21)4-3-15-1-2-20-18(10-15)19(22(29)25-20)11-17-9-16(12-24-17)13-26-5-7-31-8-6-26;/h1-2,9-12,24H,3-8,13-14H2,(H,25,29);1H. The van der Waals surface area contributed by atoms with Gasteiger partial charge in [-0.3, -0.25) is 24.2 Å². The first-order valence-corrected chi connectivity index (χ1v) is 11.7. The van der Waals surface area contributed by atoms with Crippen LogP contribution in [0.3, 0.4) is 0 Å². The summed E-state index contributed by atoms with van der Waals surface area (Å²) >= 11 is 1.04. The summed E-state index contributed by atoms with van der Waals surface area (Å²) in [6.07, 6.45) is 4.41. The lowest BCUT2D eigenvalue weighted by atomic mass is 10.0. The van der Waals surface area contributed by atoms with E-state index in [-0.39, 0.29) is 35.2 Å². The molecule has 3 aliphatic rings. The monoisotopic (exact) mass is 488 g/mol. The Kier molecular flexibility index (Phi) is 7.23. The molecular weight excluding hydrogens is 464 g/mol. The van der Waals surface area contributed by atoms with Gasteiger partial charge in [0.2, 0.25) is 5.91 Å². The summed E-state index contributed by atoms with van der Waals surface area (Å²) < 4.78 is 5.40. The number of nitrogens with one attached hydrogen (secondary N) is 2. The van der Waals surface area contributed by atoms with Crippen molar-refractivity contribution >= 4 is 58.6 Å². The van der Waals surface area contributed by atoms with Crippen molar-refractivity contribution in [3.05, 3.63) is 52.8 Å². The van der Waals surface area contributed by atoms with E-state index in [0.29, 0.717) is 18.5 Å². The second kappa shape index (κ2) is 10.1. The minimum Gasteiger partial charge on any atom is -0.379 e. The highest BCUT2D eigenvalue weighted by Gasteiger charge is 2.30. The highest BCUT2D eigenvalue weighted by Crippen LogP contribution is 2.34. The number of aromatic nitrogens is 1. The maximum Gasteiger partial charge on any atom is 0.288 e. The number of fused-ring (bicyclic) bond motifs is 1. The molecule has 1 aromatic carbocycles. The number of hydrogen-bond donors (Lipinski definition) is 2. The Bertz CT molecular complexity index is 1090. The third-order valence-corrected chi connectivity index (χ3v) is 6.77. The first-order valence-electron chi connectivity index (χ1n) is 10.7. The van der Waals surface area contributed by atoms with Gasteiger partial charge in [0.25, 0.3) is 11.1 Å². The number of hydrogen-bond acceptors (Lipinski definition) is 6. The van der Waals surface area contributed by atoms with E-state index in [2.05, 4.69) is 21.3 Å². The molecule has 1 aromatic heterocycles. The van der Waals surface area contributed by atoms with Crippen molar-refractivity contribution in [2.24, 2.45) is 0 Å². The number of amides is 3.